The number of benzene rings is 2. The summed E-state index contributed by atoms with van der Waals surface area (Å²) in [6.45, 7) is 3.17. The first kappa shape index (κ1) is 19.0. The zero-order valence-electron chi connectivity index (χ0n) is 14.6. The van der Waals surface area contributed by atoms with Crippen molar-refractivity contribution < 1.29 is 23.9 Å². The van der Waals surface area contributed by atoms with E-state index in [1.807, 2.05) is 0 Å². The summed E-state index contributed by atoms with van der Waals surface area (Å²) in [5.74, 6) is -1.82. The highest BCUT2D eigenvalue weighted by atomic mass is 16.5. The fourth-order valence-electron chi connectivity index (χ4n) is 2.23. The van der Waals surface area contributed by atoms with Crippen molar-refractivity contribution in [3.63, 3.8) is 0 Å². The van der Waals surface area contributed by atoms with Gasteiger partial charge in [-0.25, -0.2) is 9.59 Å². The lowest BCUT2D eigenvalue weighted by Gasteiger charge is -2.11. The third-order valence-electron chi connectivity index (χ3n) is 3.57. The van der Waals surface area contributed by atoms with Gasteiger partial charge < -0.3 is 20.5 Å². The van der Waals surface area contributed by atoms with E-state index in [0.717, 1.165) is 5.56 Å². The van der Waals surface area contributed by atoms with Crippen LogP contribution < -0.4 is 11.1 Å². The Kier molecular flexibility index (Phi) is 6.32. The highest BCUT2D eigenvalue weighted by Gasteiger charge is 2.17. The lowest BCUT2D eigenvalue weighted by molar-refractivity contribution is -0.119. The van der Waals surface area contributed by atoms with E-state index in [1.165, 1.54) is 12.1 Å². The molecule has 2 aromatic carbocycles. The number of esters is 2. The molecule has 3 N–H and O–H groups in total. The predicted octanol–water partition coefficient (Wildman–Crippen LogP) is 2.55. The number of ether oxygens (including phenoxy) is 2. The van der Waals surface area contributed by atoms with Crippen molar-refractivity contribution in [2.75, 3.05) is 24.3 Å². The van der Waals surface area contributed by atoms with Crippen molar-refractivity contribution in [3.8, 4) is 0 Å². The molecule has 0 unspecified atom stereocenters. The van der Waals surface area contributed by atoms with E-state index in [0.29, 0.717) is 5.69 Å². The maximum absolute atomic E-state index is 12.1. The molecule has 0 heterocycles. The lowest BCUT2D eigenvalue weighted by atomic mass is 10.1. The lowest BCUT2D eigenvalue weighted by Crippen LogP contribution is -2.22. The van der Waals surface area contributed by atoms with Crippen molar-refractivity contribution in [3.05, 3.63) is 59.2 Å². The predicted molar refractivity (Wildman–Crippen MR) is 96.9 cm³/mol. The van der Waals surface area contributed by atoms with Crippen molar-refractivity contribution >= 4 is 29.2 Å². The minimum Gasteiger partial charge on any atom is -0.462 e. The summed E-state index contributed by atoms with van der Waals surface area (Å²) < 4.78 is 9.94. The van der Waals surface area contributed by atoms with Crippen LogP contribution in [0.4, 0.5) is 11.4 Å². The van der Waals surface area contributed by atoms with Gasteiger partial charge in [-0.3, -0.25) is 4.79 Å². The van der Waals surface area contributed by atoms with Crippen molar-refractivity contribution in [1.29, 1.82) is 0 Å². The molecule has 136 valence electrons. The maximum atomic E-state index is 12.1. The molecule has 0 spiro atoms. The number of carbonyl (C=O) groups excluding carboxylic acids is 3. The topological polar surface area (TPSA) is 108 Å². The van der Waals surface area contributed by atoms with Gasteiger partial charge in [-0.2, -0.15) is 0 Å². The van der Waals surface area contributed by atoms with E-state index in [9.17, 15) is 14.4 Å². The number of amides is 1. The minimum absolute atomic E-state index is 0.199. The monoisotopic (exact) mass is 356 g/mol. The number of hydrogen-bond donors (Lipinski definition) is 2. The van der Waals surface area contributed by atoms with Crippen molar-refractivity contribution in [2.24, 2.45) is 0 Å². The van der Waals surface area contributed by atoms with Crippen LogP contribution in [0, 0.1) is 6.92 Å². The zero-order valence-corrected chi connectivity index (χ0v) is 14.6. The molecule has 0 bridgehead atoms. The van der Waals surface area contributed by atoms with Gasteiger partial charge in [0.2, 0.25) is 0 Å². The minimum atomic E-state index is -0.694. The first-order valence-electron chi connectivity index (χ1n) is 8.02. The fourth-order valence-corrected chi connectivity index (χ4v) is 2.23. The van der Waals surface area contributed by atoms with Crippen LogP contribution in [-0.2, 0) is 14.3 Å². The fraction of sp³-hybridized carbons (Fsp3) is 0.211. The summed E-state index contributed by atoms with van der Waals surface area (Å²) >= 11 is 0. The van der Waals surface area contributed by atoms with E-state index in [-0.39, 0.29) is 23.4 Å². The van der Waals surface area contributed by atoms with E-state index in [2.05, 4.69) is 5.32 Å². The second-order valence-corrected chi connectivity index (χ2v) is 5.43. The molecule has 0 saturated carbocycles. The highest BCUT2D eigenvalue weighted by molar-refractivity contribution is 6.02. The van der Waals surface area contributed by atoms with Crippen molar-refractivity contribution in [2.45, 2.75) is 13.8 Å². The number of nitrogens with one attached hydrogen (secondary N) is 1. The largest absolute Gasteiger partial charge is 0.462 e. The van der Waals surface area contributed by atoms with Gasteiger partial charge in [-0.1, -0.05) is 24.3 Å². The van der Waals surface area contributed by atoms with Crippen LogP contribution in [0.15, 0.2) is 42.5 Å². The molecule has 0 saturated heterocycles. The van der Waals surface area contributed by atoms with Crippen molar-refractivity contribution in [1.82, 2.24) is 0 Å². The normalized spacial score (nSPS) is 10.1. The van der Waals surface area contributed by atoms with Gasteiger partial charge in [0.05, 0.1) is 23.4 Å². The van der Waals surface area contributed by atoms with Crippen LogP contribution in [0.1, 0.15) is 33.2 Å². The Bertz CT molecular complexity index is 832. The molecule has 0 aromatic heterocycles. The number of rotatable bonds is 6. The molecule has 0 fully saturated rings. The molecule has 0 aliphatic carbocycles. The number of nitrogens with two attached hydrogens (primary N) is 1. The molecule has 7 nitrogen and oxygen atoms in total. The van der Waals surface area contributed by atoms with Gasteiger partial charge in [0, 0.05) is 5.69 Å². The Hall–Kier alpha value is -3.35. The molecule has 7 heteroatoms. The second kappa shape index (κ2) is 8.66. The van der Waals surface area contributed by atoms with Gasteiger partial charge in [-0.15, -0.1) is 0 Å². The van der Waals surface area contributed by atoms with Crippen LogP contribution in [0.5, 0.6) is 0 Å². The quantitative estimate of drug-likeness (QED) is 0.608. The summed E-state index contributed by atoms with van der Waals surface area (Å²) in [6, 6.07) is 11.4. The Labute approximate surface area is 151 Å². The maximum Gasteiger partial charge on any atom is 0.340 e. The molecular formula is C19H20N2O5. The van der Waals surface area contributed by atoms with Gasteiger partial charge in [0.25, 0.3) is 5.91 Å². The smallest absolute Gasteiger partial charge is 0.340 e. The first-order valence-corrected chi connectivity index (χ1v) is 8.02. The van der Waals surface area contributed by atoms with E-state index >= 15 is 0 Å². The van der Waals surface area contributed by atoms with E-state index in [1.54, 1.807) is 44.2 Å². The summed E-state index contributed by atoms with van der Waals surface area (Å²) in [7, 11) is 0. The highest BCUT2D eigenvalue weighted by Crippen LogP contribution is 2.18. The second-order valence-electron chi connectivity index (χ2n) is 5.43. The van der Waals surface area contributed by atoms with Crippen LogP contribution >= 0.6 is 0 Å². The van der Waals surface area contributed by atoms with Gasteiger partial charge in [-0.05, 0) is 37.6 Å². The van der Waals surface area contributed by atoms with Crippen LogP contribution in [-0.4, -0.2) is 31.1 Å². The van der Waals surface area contributed by atoms with Crippen LogP contribution in [0.2, 0.25) is 0 Å². The number of aryl methyl sites for hydroxylation is 1. The third-order valence-corrected chi connectivity index (χ3v) is 3.57. The summed E-state index contributed by atoms with van der Waals surface area (Å²) in [4.78, 5) is 36.0. The summed E-state index contributed by atoms with van der Waals surface area (Å²) in [6.07, 6.45) is 0. The molecule has 0 aliphatic heterocycles. The standard InChI is InChI=1S/C19H20N2O5/c1-3-25-18(23)13-8-4-5-10-15(13)21-16(22)11-26-19(24)14-9-6-7-12(2)17(14)20/h4-10H,3,11,20H2,1-2H3,(H,21,22). The summed E-state index contributed by atoms with van der Waals surface area (Å²) in [5.41, 5.74) is 7.59. The molecule has 0 atom stereocenters. The van der Waals surface area contributed by atoms with Crippen LogP contribution in [0.25, 0.3) is 0 Å². The first-order chi connectivity index (χ1) is 12.4. The Morgan fingerprint density at radius 3 is 2.35 bits per heavy atom. The van der Waals surface area contributed by atoms with Gasteiger partial charge >= 0.3 is 11.9 Å². The van der Waals surface area contributed by atoms with Crippen LogP contribution in [0.3, 0.4) is 0 Å². The Morgan fingerprint density at radius 2 is 1.62 bits per heavy atom. The van der Waals surface area contributed by atoms with Gasteiger partial charge in [0.15, 0.2) is 6.61 Å². The van der Waals surface area contributed by atoms with Gasteiger partial charge in [0.1, 0.15) is 0 Å². The number of nitrogen functional groups attached to an aromatic ring is 1. The molecule has 0 radical (unpaired) electrons. The number of hydrogen-bond acceptors (Lipinski definition) is 6. The van der Waals surface area contributed by atoms with E-state index in [4.69, 9.17) is 15.2 Å². The molecule has 2 aromatic rings. The molecule has 2 rings (SSSR count). The zero-order chi connectivity index (χ0) is 19.1. The average molecular weight is 356 g/mol. The molecule has 0 aliphatic rings. The Morgan fingerprint density at radius 1 is 0.962 bits per heavy atom. The summed E-state index contributed by atoms with van der Waals surface area (Å²) in [5, 5.41) is 2.53. The SMILES string of the molecule is CCOC(=O)c1ccccc1NC(=O)COC(=O)c1cccc(C)c1N. The number of para-hydroxylation sites is 2. The molecular weight excluding hydrogens is 336 g/mol. The number of carbonyl (C=O) groups is 3. The van der Waals surface area contributed by atoms with E-state index < -0.39 is 24.5 Å². The average Bonchev–Trinajstić information content (AvgIpc) is 2.62. The third kappa shape index (κ3) is 4.60. The molecule has 26 heavy (non-hydrogen) atoms. The Balaban J connectivity index is 2.00. The number of anilines is 2. The molecule has 1 amide bonds.